The standard InChI is InChI=1S/C14H21N7O/c1-15-10-4-3-5-21(6-10)11(22)7-20(2)14-12-13(17-8-16-12)18-9-19-14/h8-10,15H,3-7H2,1-2H3,(H,16,17,18,19). The number of likely N-dealkylation sites (N-methyl/N-ethyl adjacent to an activating group) is 2. The van der Waals surface area contributed by atoms with Gasteiger partial charge >= 0.3 is 0 Å². The van der Waals surface area contributed by atoms with Gasteiger partial charge in [-0.25, -0.2) is 15.0 Å². The molecule has 0 aromatic carbocycles. The van der Waals surface area contributed by atoms with Crippen LogP contribution in [0.3, 0.4) is 0 Å². The van der Waals surface area contributed by atoms with Crippen LogP contribution in [-0.2, 0) is 4.79 Å². The predicted molar refractivity (Wildman–Crippen MR) is 83.6 cm³/mol. The first-order valence-electron chi connectivity index (χ1n) is 7.49. The highest BCUT2D eigenvalue weighted by atomic mass is 16.2. The molecule has 1 aliphatic heterocycles. The lowest BCUT2D eigenvalue weighted by atomic mass is 10.1. The molecule has 1 aliphatic rings. The summed E-state index contributed by atoms with van der Waals surface area (Å²) in [6.45, 7) is 1.89. The van der Waals surface area contributed by atoms with E-state index in [1.165, 1.54) is 6.33 Å². The number of hydrogen-bond acceptors (Lipinski definition) is 6. The number of aromatic amines is 1. The van der Waals surface area contributed by atoms with E-state index in [1.807, 2.05) is 23.9 Å². The number of aromatic nitrogens is 4. The predicted octanol–water partition coefficient (Wildman–Crippen LogP) is -0.000500. The highest BCUT2D eigenvalue weighted by Gasteiger charge is 2.24. The minimum atomic E-state index is 0.119. The molecule has 118 valence electrons. The number of amides is 1. The third-order valence-corrected chi connectivity index (χ3v) is 4.12. The summed E-state index contributed by atoms with van der Waals surface area (Å²) in [5.41, 5.74) is 1.36. The topological polar surface area (TPSA) is 90.0 Å². The van der Waals surface area contributed by atoms with E-state index in [2.05, 4.69) is 25.3 Å². The van der Waals surface area contributed by atoms with E-state index in [-0.39, 0.29) is 5.91 Å². The van der Waals surface area contributed by atoms with Crippen LogP contribution in [0.25, 0.3) is 11.2 Å². The Bertz CT molecular complexity index is 655. The lowest BCUT2D eigenvalue weighted by Gasteiger charge is -2.33. The van der Waals surface area contributed by atoms with E-state index < -0.39 is 0 Å². The van der Waals surface area contributed by atoms with Gasteiger partial charge in [0.15, 0.2) is 11.5 Å². The summed E-state index contributed by atoms with van der Waals surface area (Å²) in [5, 5.41) is 3.25. The summed E-state index contributed by atoms with van der Waals surface area (Å²) in [7, 11) is 3.81. The number of imidazole rings is 1. The van der Waals surface area contributed by atoms with Gasteiger partial charge in [-0.3, -0.25) is 4.79 Å². The molecule has 0 saturated carbocycles. The number of anilines is 1. The highest BCUT2D eigenvalue weighted by molar-refractivity contribution is 5.87. The first-order chi connectivity index (χ1) is 10.7. The van der Waals surface area contributed by atoms with Gasteiger partial charge in [0.1, 0.15) is 11.8 Å². The number of likely N-dealkylation sites (tertiary alicyclic amines) is 1. The van der Waals surface area contributed by atoms with E-state index in [4.69, 9.17) is 0 Å². The van der Waals surface area contributed by atoms with Gasteiger partial charge in [-0.2, -0.15) is 0 Å². The Labute approximate surface area is 128 Å². The lowest BCUT2D eigenvalue weighted by Crippen LogP contribution is -2.49. The Morgan fingerprint density at radius 3 is 3.18 bits per heavy atom. The number of nitrogens with one attached hydrogen (secondary N) is 2. The van der Waals surface area contributed by atoms with Gasteiger partial charge in [0.05, 0.1) is 12.9 Å². The zero-order chi connectivity index (χ0) is 15.5. The van der Waals surface area contributed by atoms with Gasteiger partial charge in [0.25, 0.3) is 0 Å². The quantitative estimate of drug-likeness (QED) is 0.826. The number of hydrogen-bond donors (Lipinski definition) is 2. The van der Waals surface area contributed by atoms with E-state index in [1.54, 1.807) is 6.33 Å². The van der Waals surface area contributed by atoms with Gasteiger partial charge in [-0.15, -0.1) is 0 Å². The Morgan fingerprint density at radius 2 is 2.36 bits per heavy atom. The summed E-state index contributed by atoms with van der Waals surface area (Å²) in [5.74, 6) is 0.812. The largest absolute Gasteiger partial charge is 0.348 e. The van der Waals surface area contributed by atoms with E-state index >= 15 is 0 Å². The Hall–Kier alpha value is -2.22. The number of carbonyl (C=O) groups is 1. The van der Waals surface area contributed by atoms with Gasteiger partial charge in [-0.05, 0) is 19.9 Å². The molecule has 0 spiro atoms. The van der Waals surface area contributed by atoms with Crippen molar-refractivity contribution in [3.8, 4) is 0 Å². The third kappa shape index (κ3) is 2.87. The van der Waals surface area contributed by atoms with Crippen molar-refractivity contribution < 1.29 is 4.79 Å². The lowest BCUT2D eigenvalue weighted by molar-refractivity contribution is -0.131. The molecule has 1 fully saturated rings. The van der Waals surface area contributed by atoms with Gasteiger partial charge < -0.3 is 20.1 Å². The Morgan fingerprint density at radius 1 is 1.50 bits per heavy atom. The van der Waals surface area contributed by atoms with Crippen LogP contribution in [0.1, 0.15) is 12.8 Å². The first-order valence-corrected chi connectivity index (χ1v) is 7.49. The van der Waals surface area contributed by atoms with E-state index in [9.17, 15) is 4.79 Å². The number of fused-ring (bicyclic) bond motifs is 1. The summed E-state index contributed by atoms with van der Waals surface area (Å²) in [4.78, 5) is 31.8. The molecular formula is C14H21N7O. The monoisotopic (exact) mass is 303 g/mol. The summed E-state index contributed by atoms with van der Waals surface area (Å²) in [6.07, 6.45) is 5.22. The van der Waals surface area contributed by atoms with Gasteiger partial charge in [0, 0.05) is 26.2 Å². The summed E-state index contributed by atoms with van der Waals surface area (Å²) in [6, 6.07) is 0.390. The molecule has 22 heavy (non-hydrogen) atoms. The maximum absolute atomic E-state index is 12.5. The average Bonchev–Trinajstić information content (AvgIpc) is 3.03. The molecule has 3 heterocycles. The molecule has 1 saturated heterocycles. The number of carbonyl (C=O) groups excluding carboxylic acids is 1. The smallest absolute Gasteiger partial charge is 0.242 e. The second-order valence-corrected chi connectivity index (χ2v) is 5.62. The fraction of sp³-hybridized carbons (Fsp3) is 0.571. The van der Waals surface area contributed by atoms with Crippen LogP contribution in [0.15, 0.2) is 12.7 Å². The zero-order valence-corrected chi connectivity index (χ0v) is 12.9. The SMILES string of the molecule is CNC1CCCN(C(=O)CN(C)c2ncnc3nc[nH]c23)C1. The molecule has 8 heteroatoms. The van der Waals surface area contributed by atoms with E-state index in [0.717, 1.165) is 31.4 Å². The van der Waals surface area contributed by atoms with Crippen molar-refractivity contribution in [2.75, 3.05) is 38.6 Å². The fourth-order valence-corrected chi connectivity index (χ4v) is 2.86. The Kier molecular flexibility index (Phi) is 4.19. The molecule has 8 nitrogen and oxygen atoms in total. The van der Waals surface area contributed by atoms with Crippen molar-refractivity contribution in [1.82, 2.24) is 30.2 Å². The van der Waals surface area contributed by atoms with Crippen molar-refractivity contribution >= 4 is 22.9 Å². The normalized spacial score (nSPS) is 18.6. The molecule has 3 rings (SSSR count). The van der Waals surface area contributed by atoms with Gasteiger partial charge in [-0.1, -0.05) is 0 Å². The average molecular weight is 303 g/mol. The molecule has 0 aliphatic carbocycles. The van der Waals surface area contributed by atoms with Crippen molar-refractivity contribution in [1.29, 1.82) is 0 Å². The Balaban J connectivity index is 1.69. The molecule has 1 atom stereocenters. The molecule has 2 N–H and O–H groups in total. The fourth-order valence-electron chi connectivity index (χ4n) is 2.86. The van der Waals surface area contributed by atoms with Crippen LogP contribution < -0.4 is 10.2 Å². The molecule has 0 bridgehead atoms. The number of H-pyrrole nitrogens is 1. The van der Waals surface area contributed by atoms with Crippen molar-refractivity contribution in [2.45, 2.75) is 18.9 Å². The highest BCUT2D eigenvalue weighted by Crippen LogP contribution is 2.18. The number of piperidine rings is 1. The second kappa shape index (κ2) is 6.27. The molecule has 2 aromatic heterocycles. The van der Waals surface area contributed by atoms with Crippen LogP contribution in [0.5, 0.6) is 0 Å². The second-order valence-electron chi connectivity index (χ2n) is 5.62. The van der Waals surface area contributed by atoms with Crippen molar-refractivity contribution in [3.63, 3.8) is 0 Å². The maximum Gasteiger partial charge on any atom is 0.242 e. The van der Waals surface area contributed by atoms with Crippen LogP contribution in [0, 0.1) is 0 Å². The molecule has 0 radical (unpaired) electrons. The van der Waals surface area contributed by atoms with Crippen molar-refractivity contribution in [3.05, 3.63) is 12.7 Å². The minimum absolute atomic E-state index is 0.119. The molecule has 1 amide bonds. The van der Waals surface area contributed by atoms with Crippen LogP contribution >= 0.6 is 0 Å². The number of nitrogens with zero attached hydrogens (tertiary/aromatic N) is 5. The summed E-state index contributed by atoms with van der Waals surface area (Å²) < 4.78 is 0. The third-order valence-electron chi connectivity index (χ3n) is 4.12. The summed E-state index contributed by atoms with van der Waals surface area (Å²) >= 11 is 0. The van der Waals surface area contributed by atoms with E-state index in [0.29, 0.717) is 24.1 Å². The van der Waals surface area contributed by atoms with Crippen LogP contribution in [0.4, 0.5) is 5.82 Å². The zero-order valence-electron chi connectivity index (χ0n) is 12.9. The minimum Gasteiger partial charge on any atom is -0.348 e. The van der Waals surface area contributed by atoms with Crippen molar-refractivity contribution in [2.24, 2.45) is 0 Å². The molecular weight excluding hydrogens is 282 g/mol. The maximum atomic E-state index is 12.5. The number of rotatable bonds is 4. The van der Waals surface area contributed by atoms with Gasteiger partial charge in [0.2, 0.25) is 5.91 Å². The van der Waals surface area contributed by atoms with Crippen LogP contribution in [0.2, 0.25) is 0 Å². The van der Waals surface area contributed by atoms with Crippen LogP contribution in [-0.4, -0.2) is 70.5 Å². The molecule has 1 unspecified atom stereocenters. The molecule has 2 aromatic rings. The first kappa shape index (κ1) is 14.7.